The minimum atomic E-state index is -4.23. The Morgan fingerprint density at radius 3 is 2.78 bits per heavy atom. The van der Waals surface area contributed by atoms with E-state index in [1.54, 1.807) is 0 Å². The highest BCUT2D eigenvalue weighted by molar-refractivity contribution is 5.88. The molecule has 7 heteroatoms. The monoisotopic (exact) mass is 263 g/mol. The zero-order valence-corrected chi connectivity index (χ0v) is 9.41. The van der Waals surface area contributed by atoms with Gasteiger partial charge in [-0.15, -0.1) is 0 Å². The van der Waals surface area contributed by atoms with Gasteiger partial charge in [-0.05, 0) is 19.3 Å². The number of hydrogen-bond acceptors (Lipinski definition) is 3. The van der Waals surface area contributed by atoms with Crippen LogP contribution in [-0.4, -0.2) is 22.4 Å². The Kier molecular flexibility index (Phi) is 3.32. The molecule has 0 bridgehead atoms. The average molecular weight is 263 g/mol. The number of carbonyl (C=O) groups is 1. The molecule has 0 aliphatic heterocycles. The van der Waals surface area contributed by atoms with Crippen molar-refractivity contribution >= 4 is 5.97 Å². The number of halogens is 3. The van der Waals surface area contributed by atoms with Gasteiger partial charge in [0.1, 0.15) is 17.5 Å². The zero-order valence-electron chi connectivity index (χ0n) is 9.41. The molecule has 1 aromatic rings. The predicted octanol–water partition coefficient (Wildman–Crippen LogP) is 3.21. The topological polar surface area (TPSA) is 63.3 Å². The molecule has 0 aromatic carbocycles. The molecule has 1 aromatic heterocycles. The van der Waals surface area contributed by atoms with Crippen molar-refractivity contribution in [2.45, 2.75) is 37.8 Å². The van der Waals surface area contributed by atoms with Crippen LogP contribution in [-0.2, 0) is 0 Å². The van der Waals surface area contributed by atoms with E-state index in [-0.39, 0.29) is 24.1 Å². The summed E-state index contributed by atoms with van der Waals surface area (Å²) in [5.41, 5.74) is -0.000672. The van der Waals surface area contributed by atoms with Crippen molar-refractivity contribution < 1.29 is 27.6 Å². The first kappa shape index (κ1) is 12.9. The second kappa shape index (κ2) is 4.62. The first-order chi connectivity index (χ1) is 8.39. The van der Waals surface area contributed by atoms with Crippen molar-refractivity contribution in [2.24, 2.45) is 5.92 Å². The number of carboxylic acids is 1. The van der Waals surface area contributed by atoms with Gasteiger partial charge in [0.05, 0.1) is 5.92 Å². The lowest BCUT2D eigenvalue weighted by atomic mass is 9.78. The number of nitrogens with zero attached hydrogens (tertiary/aromatic N) is 1. The minimum Gasteiger partial charge on any atom is -0.478 e. The lowest BCUT2D eigenvalue weighted by Crippen LogP contribution is -2.28. The van der Waals surface area contributed by atoms with Crippen LogP contribution in [0, 0.1) is 5.92 Å². The summed E-state index contributed by atoms with van der Waals surface area (Å²) >= 11 is 0. The Bertz CT molecular complexity index is 441. The Balaban J connectivity index is 2.18. The highest BCUT2D eigenvalue weighted by Crippen LogP contribution is 2.43. The van der Waals surface area contributed by atoms with Crippen LogP contribution >= 0.6 is 0 Å². The van der Waals surface area contributed by atoms with Crippen LogP contribution in [0.1, 0.15) is 47.7 Å². The van der Waals surface area contributed by atoms with Gasteiger partial charge in [-0.1, -0.05) is 11.6 Å². The van der Waals surface area contributed by atoms with Gasteiger partial charge in [-0.3, -0.25) is 0 Å². The van der Waals surface area contributed by atoms with Crippen LogP contribution in [0.5, 0.6) is 0 Å². The lowest BCUT2D eigenvalue weighted by molar-refractivity contribution is -0.183. The molecule has 1 fully saturated rings. The van der Waals surface area contributed by atoms with Crippen LogP contribution in [0.4, 0.5) is 13.2 Å². The Labute approximate surface area is 101 Å². The normalized spacial score (nSPS) is 25.1. The van der Waals surface area contributed by atoms with Crippen molar-refractivity contribution in [1.29, 1.82) is 0 Å². The molecule has 1 heterocycles. The molecule has 0 spiro atoms. The summed E-state index contributed by atoms with van der Waals surface area (Å²) in [5.74, 6) is -3.09. The predicted molar refractivity (Wildman–Crippen MR) is 54.2 cm³/mol. The molecule has 2 atom stereocenters. The Hall–Kier alpha value is -1.53. The van der Waals surface area contributed by atoms with Crippen LogP contribution in [0.2, 0.25) is 0 Å². The molecular weight excluding hydrogens is 251 g/mol. The molecule has 1 saturated carbocycles. The van der Waals surface area contributed by atoms with Gasteiger partial charge >= 0.3 is 12.1 Å². The molecule has 18 heavy (non-hydrogen) atoms. The fourth-order valence-corrected chi connectivity index (χ4v) is 2.44. The third kappa shape index (κ3) is 2.49. The largest absolute Gasteiger partial charge is 0.478 e. The SMILES string of the molecule is O=C(O)c1conc1[C@@H]1CCC[C@H](C(F)(F)F)C1. The molecule has 100 valence electrons. The Morgan fingerprint density at radius 1 is 1.44 bits per heavy atom. The van der Waals surface area contributed by atoms with E-state index in [4.69, 9.17) is 5.11 Å². The van der Waals surface area contributed by atoms with E-state index in [0.717, 1.165) is 6.26 Å². The first-order valence-electron chi connectivity index (χ1n) is 5.64. The molecule has 1 aliphatic carbocycles. The molecule has 2 rings (SSSR count). The summed E-state index contributed by atoms with van der Waals surface area (Å²) in [5, 5.41) is 12.4. The van der Waals surface area contributed by atoms with Gasteiger partial charge in [-0.25, -0.2) is 4.79 Å². The molecule has 4 nitrogen and oxygen atoms in total. The van der Waals surface area contributed by atoms with E-state index in [0.29, 0.717) is 12.8 Å². The summed E-state index contributed by atoms with van der Waals surface area (Å²) in [6, 6.07) is 0. The maximum absolute atomic E-state index is 12.7. The second-order valence-electron chi connectivity index (χ2n) is 4.52. The third-order valence-corrected chi connectivity index (χ3v) is 3.35. The number of carboxylic acid groups (broad SMARTS) is 1. The van der Waals surface area contributed by atoms with Crippen LogP contribution < -0.4 is 0 Å². The van der Waals surface area contributed by atoms with Crippen LogP contribution in [0.25, 0.3) is 0 Å². The van der Waals surface area contributed by atoms with Crippen molar-refractivity contribution in [1.82, 2.24) is 5.16 Å². The van der Waals surface area contributed by atoms with Gasteiger partial charge in [-0.2, -0.15) is 13.2 Å². The highest BCUT2D eigenvalue weighted by atomic mass is 19.4. The van der Waals surface area contributed by atoms with E-state index in [9.17, 15) is 18.0 Å². The fraction of sp³-hybridized carbons (Fsp3) is 0.636. The number of hydrogen-bond donors (Lipinski definition) is 1. The first-order valence-corrected chi connectivity index (χ1v) is 5.64. The maximum atomic E-state index is 12.7. The number of rotatable bonds is 2. The summed E-state index contributed by atoms with van der Waals surface area (Å²) in [6.07, 6.45) is -2.35. The maximum Gasteiger partial charge on any atom is 0.391 e. The smallest absolute Gasteiger partial charge is 0.391 e. The second-order valence-corrected chi connectivity index (χ2v) is 4.52. The zero-order chi connectivity index (χ0) is 13.3. The molecular formula is C11H12F3NO3. The summed E-state index contributed by atoms with van der Waals surface area (Å²) in [6.45, 7) is 0. The Morgan fingerprint density at radius 2 is 2.17 bits per heavy atom. The van der Waals surface area contributed by atoms with Gasteiger partial charge in [0, 0.05) is 5.92 Å². The van der Waals surface area contributed by atoms with Gasteiger partial charge in [0.25, 0.3) is 0 Å². The number of aromatic nitrogens is 1. The van der Waals surface area contributed by atoms with Crippen molar-refractivity contribution in [3.8, 4) is 0 Å². The van der Waals surface area contributed by atoms with E-state index in [1.807, 2.05) is 0 Å². The van der Waals surface area contributed by atoms with Crippen molar-refractivity contribution in [2.75, 3.05) is 0 Å². The van der Waals surface area contributed by atoms with E-state index < -0.39 is 24.0 Å². The van der Waals surface area contributed by atoms with Gasteiger partial charge < -0.3 is 9.63 Å². The summed E-state index contributed by atoms with van der Waals surface area (Å²) in [4.78, 5) is 10.9. The standard InChI is InChI=1S/C11H12F3NO3/c12-11(13,14)7-3-1-2-6(4-7)9-8(10(16)17)5-18-15-9/h5-7H,1-4H2,(H,16,17)/t6-,7+/m1/s1. The van der Waals surface area contributed by atoms with Crippen LogP contribution in [0.3, 0.4) is 0 Å². The van der Waals surface area contributed by atoms with Crippen molar-refractivity contribution in [3.05, 3.63) is 17.5 Å². The van der Waals surface area contributed by atoms with E-state index in [2.05, 4.69) is 9.68 Å². The molecule has 0 unspecified atom stereocenters. The molecule has 0 saturated heterocycles. The van der Waals surface area contributed by atoms with E-state index >= 15 is 0 Å². The summed E-state index contributed by atoms with van der Waals surface area (Å²) in [7, 11) is 0. The third-order valence-electron chi connectivity index (χ3n) is 3.35. The van der Waals surface area contributed by atoms with Crippen molar-refractivity contribution in [3.63, 3.8) is 0 Å². The molecule has 0 amide bonds. The highest BCUT2D eigenvalue weighted by Gasteiger charge is 2.43. The molecule has 1 N–H and O–H groups in total. The lowest BCUT2D eigenvalue weighted by Gasteiger charge is -2.29. The van der Waals surface area contributed by atoms with E-state index in [1.165, 1.54) is 0 Å². The quantitative estimate of drug-likeness (QED) is 0.889. The molecule has 0 radical (unpaired) electrons. The number of alkyl halides is 3. The number of aromatic carboxylic acids is 1. The average Bonchev–Trinajstić information content (AvgIpc) is 2.77. The fourth-order valence-electron chi connectivity index (χ4n) is 2.44. The van der Waals surface area contributed by atoms with Crippen LogP contribution in [0.15, 0.2) is 10.8 Å². The van der Waals surface area contributed by atoms with Gasteiger partial charge in [0.2, 0.25) is 0 Å². The van der Waals surface area contributed by atoms with Gasteiger partial charge in [0.15, 0.2) is 0 Å². The molecule has 1 aliphatic rings. The minimum absolute atomic E-state index is 0.0975. The summed E-state index contributed by atoms with van der Waals surface area (Å²) < 4.78 is 42.5.